The van der Waals surface area contributed by atoms with Crippen LogP contribution in [0.25, 0.3) is 0 Å². The lowest BCUT2D eigenvalue weighted by molar-refractivity contribution is 0.668. The molecule has 8 nitrogen and oxygen atoms in total. The molecule has 2 rings (SSSR count). The van der Waals surface area contributed by atoms with Crippen LogP contribution in [0.2, 0.25) is 0 Å². The summed E-state index contributed by atoms with van der Waals surface area (Å²) in [6, 6.07) is 1.68. The molecular formula is C11H14N6O2. The van der Waals surface area contributed by atoms with Crippen molar-refractivity contribution >= 4 is 5.82 Å². The lowest BCUT2D eigenvalue weighted by Gasteiger charge is -2.07. The number of rotatable bonds is 3. The molecule has 0 atom stereocenters. The molecule has 0 aromatic carbocycles. The minimum absolute atomic E-state index is 0.116. The number of aryl methyl sites for hydroxylation is 2. The SMILES string of the molecule is Cc1cc(NN)nc(Cn2ccn(C)c(=O)c2=O)n1. The quantitative estimate of drug-likeness (QED) is 0.416. The number of hydrazine groups is 1. The van der Waals surface area contributed by atoms with E-state index in [1.54, 1.807) is 13.0 Å². The Morgan fingerprint density at radius 1 is 1.26 bits per heavy atom. The molecule has 0 amide bonds. The number of nitrogens with one attached hydrogen (secondary N) is 1. The molecule has 19 heavy (non-hydrogen) atoms. The highest BCUT2D eigenvalue weighted by Gasteiger charge is 2.06. The van der Waals surface area contributed by atoms with Crippen LogP contribution in [0.1, 0.15) is 11.5 Å². The van der Waals surface area contributed by atoms with Crippen molar-refractivity contribution in [2.45, 2.75) is 13.5 Å². The monoisotopic (exact) mass is 262 g/mol. The van der Waals surface area contributed by atoms with Crippen LogP contribution in [0.4, 0.5) is 5.82 Å². The van der Waals surface area contributed by atoms with Crippen LogP contribution < -0.4 is 22.4 Å². The number of hydrogen-bond donors (Lipinski definition) is 2. The summed E-state index contributed by atoms with van der Waals surface area (Å²) in [6.07, 6.45) is 3.03. The Morgan fingerprint density at radius 3 is 2.68 bits per heavy atom. The molecule has 0 aliphatic carbocycles. The molecule has 8 heteroatoms. The minimum atomic E-state index is -0.614. The average Bonchev–Trinajstić information content (AvgIpc) is 2.39. The van der Waals surface area contributed by atoms with E-state index in [4.69, 9.17) is 5.84 Å². The summed E-state index contributed by atoms with van der Waals surface area (Å²) in [7, 11) is 1.52. The molecule has 0 saturated carbocycles. The minimum Gasteiger partial charge on any atom is -0.312 e. The smallest absolute Gasteiger partial charge is 0.312 e. The molecule has 0 saturated heterocycles. The topological polar surface area (TPSA) is 108 Å². The van der Waals surface area contributed by atoms with Gasteiger partial charge in [0, 0.05) is 31.2 Å². The fourth-order valence-corrected chi connectivity index (χ4v) is 1.64. The number of hydrogen-bond acceptors (Lipinski definition) is 6. The van der Waals surface area contributed by atoms with Gasteiger partial charge < -0.3 is 14.6 Å². The summed E-state index contributed by atoms with van der Waals surface area (Å²) >= 11 is 0. The molecule has 0 radical (unpaired) electrons. The molecule has 100 valence electrons. The summed E-state index contributed by atoms with van der Waals surface area (Å²) in [6.45, 7) is 1.91. The molecule has 2 heterocycles. The predicted octanol–water partition coefficient (Wildman–Crippen LogP) is -1.02. The third-order valence-corrected chi connectivity index (χ3v) is 2.59. The Labute approximate surface area is 108 Å². The molecule has 0 spiro atoms. The van der Waals surface area contributed by atoms with Gasteiger partial charge in [-0.2, -0.15) is 0 Å². The summed E-state index contributed by atoms with van der Waals surface area (Å²) in [4.78, 5) is 31.6. The van der Waals surface area contributed by atoms with Crippen molar-refractivity contribution in [3.05, 3.63) is 50.7 Å². The molecule has 0 aliphatic heterocycles. The summed E-state index contributed by atoms with van der Waals surface area (Å²) < 4.78 is 2.49. The molecule has 3 N–H and O–H groups in total. The van der Waals surface area contributed by atoms with Crippen molar-refractivity contribution in [3.8, 4) is 0 Å². The van der Waals surface area contributed by atoms with Gasteiger partial charge in [0.2, 0.25) is 0 Å². The van der Waals surface area contributed by atoms with Crippen molar-refractivity contribution in [1.82, 2.24) is 19.1 Å². The number of nitrogens with zero attached hydrogens (tertiary/aromatic N) is 4. The van der Waals surface area contributed by atoms with E-state index < -0.39 is 11.1 Å². The lowest BCUT2D eigenvalue weighted by Crippen LogP contribution is -2.39. The van der Waals surface area contributed by atoms with Gasteiger partial charge in [-0.05, 0) is 6.92 Å². The van der Waals surface area contributed by atoms with Crippen molar-refractivity contribution in [2.24, 2.45) is 12.9 Å². The highest BCUT2D eigenvalue weighted by atomic mass is 16.2. The average molecular weight is 262 g/mol. The maximum atomic E-state index is 11.8. The van der Waals surface area contributed by atoms with Gasteiger partial charge in [-0.3, -0.25) is 9.59 Å². The van der Waals surface area contributed by atoms with E-state index in [-0.39, 0.29) is 6.54 Å². The second-order valence-electron chi connectivity index (χ2n) is 4.10. The van der Waals surface area contributed by atoms with Gasteiger partial charge in [0.15, 0.2) is 5.82 Å². The Balaban J connectivity index is 2.42. The van der Waals surface area contributed by atoms with E-state index in [1.807, 2.05) is 0 Å². The Kier molecular flexibility index (Phi) is 3.43. The van der Waals surface area contributed by atoms with Crippen LogP contribution in [0.3, 0.4) is 0 Å². The molecule has 0 unspecified atom stereocenters. The fourth-order valence-electron chi connectivity index (χ4n) is 1.64. The van der Waals surface area contributed by atoms with Crippen molar-refractivity contribution in [2.75, 3.05) is 5.43 Å². The third-order valence-electron chi connectivity index (χ3n) is 2.59. The molecule has 0 bridgehead atoms. The van der Waals surface area contributed by atoms with Gasteiger partial charge in [0.1, 0.15) is 5.82 Å². The molecule has 2 aromatic rings. The van der Waals surface area contributed by atoms with Gasteiger partial charge in [0.05, 0.1) is 6.54 Å². The first-order valence-corrected chi connectivity index (χ1v) is 5.58. The normalized spacial score (nSPS) is 10.5. The van der Waals surface area contributed by atoms with Gasteiger partial charge in [0.25, 0.3) is 0 Å². The molecule has 0 fully saturated rings. The van der Waals surface area contributed by atoms with Crippen molar-refractivity contribution in [3.63, 3.8) is 0 Å². The van der Waals surface area contributed by atoms with Crippen molar-refractivity contribution in [1.29, 1.82) is 0 Å². The maximum Gasteiger partial charge on any atom is 0.316 e. The standard InChI is InChI=1S/C11H14N6O2/c1-7-5-8(15-12)14-9(13-7)6-17-4-3-16(2)10(18)11(17)19/h3-5H,6,12H2,1-2H3,(H,13,14,15). The molecular weight excluding hydrogens is 248 g/mol. The molecule has 2 aromatic heterocycles. The Hall–Kier alpha value is -2.48. The van der Waals surface area contributed by atoms with Crippen LogP contribution in [-0.2, 0) is 13.6 Å². The van der Waals surface area contributed by atoms with Gasteiger partial charge in [-0.15, -0.1) is 0 Å². The third kappa shape index (κ3) is 2.68. The number of anilines is 1. The van der Waals surface area contributed by atoms with Gasteiger partial charge >= 0.3 is 11.1 Å². The highest BCUT2D eigenvalue weighted by Crippen LogP contribution is 2.04. The van der Waals surface area contributed by atoms with E-state index in [0.717, 1.165) is 5.69 Å². The zero-order chi connectivity index (χ0) is 14.0. The van der Waals surface area contributed by atoms with E-state index in [2.05, 4.69) is 15.4 Å². The van der Waals surface area contributed by atoms with Crippen LogP contribution in [0, 0.1) is 6.92 Å². The van der Waals surface area contributed by atoms with Crippen molar-refractivity contribution < 1.29 is 0 Å². The fraction of sp³-hybridized carbons (Fsp3) is 0.273. The largest absolute Gasteiger partial charge is 0.316 e. The maximum absolute atomic E-state index is 11.8. The number of nitrogens with two attached hydrogens (primary N) is 1. The van der Waals surface area contributed by atoms with Crippen LogP contribution in [0.5, 0.6) is 0 Å². The Morgan fingerprint density at radius 2 is 2.00 bits per heavy atom. The first-order chi connectivity index (χ1) is 9.01. The zero-order valence-corrected chi connectivity index (χ0v) is 10.6. The number of aromatic nitrogens is 4. The first-order valence-electron chi connectivity index (χ1n) is 5.58. The Bertz CT molecular complexity index is 718. The van der Waals surface area contributed by atoms with Crippen LogP contribution in [-0.4, -0.2) is 19.1 Å². The van der Waals surface area contributed by atoms with Gasteiger partial charge in [-0.1, -0.05) is 0 Å². The van der Waals surface area contributed by atoms with Crippen LogP contribution in [0.15, 0.2) is 28.0 Å². The van der Waals surface area contributed by atoms with E-state index >= 15 is 0 Å². The second-order valence-corrected chi connectivity index (χ2v) is 4.10. The van der Waals surface area contributed by atoms with E-state index in [9.17, 15) is 9.59 Å². The number of nitrogen functional groups attached to an aromatic ring is 1. The van der Waals surface area contributed by atoms with Crippen LogP contribution >= 0.6 is 0 Å². The zero-order valence-electron chi connectivity index (χ0n) is 10.6. The van der Waals surface area contributed by atoms with Gasteiger partial charge in [-0.25, -0.2) is 15.8 Å². The van der Waals surface area contributed by atoms with E-state index in [1.165, 1.54) is 28.6 Å². The summed E-state index contributed by atoms with van der Waals surface area (Å²) in [5.74, 6) is 6.16. The summed E-state index contributed by atoms with van der Waals surface area (Å²) in [5.41, 5.74) is 1.94. The lowest BCUT2D eigenvalue weighted by atomic mass is 10.4. The second kappa shape index (κ2) is 5.02. The highest BCUT2D eigenvalue weighted by molar-refractivity contribution is 5.33. The first kappa shape index (κ1) is 13.0. The molecule has 0 aliphatic rings. The van der Waals surface area contributed by atoms with E-state index in [0.29, 0.717) is 11.6 Å². The summed E-state index contributed by atoms with van der Waals surface area (Å²) in [5, 5.41) is 0. The predicted molar refractivity (Wildman–Crippen MR) is 69.6 cm³/mol.